The number of hydrogen-bond acceptors (Lipinski definition) is 18. The number of methoxy groups -OCH3 is 1. The zero-order valence-electron chi connectivity index (χ0n) is 21.7. The van der Waals surface area contributed by atoms with Gasteiger partial charge in [-0.15, -0.1) is 0 Å². The van der Waals surface area contributed by atoms with Crippen LogP contribution in [0.1, 0.15) is 0 Å². The predicted octanol–water partition coefficient (Wildman–Crippen LogP) is -31.1. The molecule has 37 heavy (non-hydrogen) atoms. The van der Waals surface area contributed by atoms with Gasteiger partial charge in [0.2, 0.25) is 0 Å². The summed E-state index contributed by atoms with van der Waals surface area (Å²) in [6.45, 7) is -1.43. The summed E-state index contributed by atoms with van der Waals surface area (Å²) in [5, 5.41) is 0. The van der Waals surface area contributed by atoms with Gasteiger partial charge in [0.05, 0.1) is 37.9 Å². The molecule has 1 aliphatic rings. The van der Waals surface area contributed by atoms with E-state index in [4.69, 9.17) is 4.74 Å². The van der Waals surface area contributed by atoms with E-state index in [-0.39, 0.29) is 236 Å². The van der Waals surface area contributed by atoms with Gasteiger partial charge in [-0.2, -0.15) is 0 Å². The molecule has 0 aliphatic carbocycles. The summed E-state index contributed by atoms with van der Waals surface area (Å²) in [4.78, 5) is 86.8. The van der Waals surface area contributed by atoms with Crippen LogP contribution in [0.25, 0.3) is 0 Å². The maximum atomic E-state index is 11.0. The molecule has 0 aromatic heterocycles. The fourth-order valence-corrected chi connectivity index (χ4v) is 4.11. The van der Waals surface area contributed by atoms with Crippen LogP contribution in [0.5, 0.6) is 0 Å². The molecule has 0 unspecified atom stereocenters. The van der Waals surface area contributed by atoms with Gasteiger partial charge in [0.25, 0.3) is 0 Å². The Morgan fingerprint density at radius 1 is 0.568 bits per heavy atom. The average Bonchev–Trinajstić information content (AvgIpc) is 2.44. The summed E-state index contributed by atoms with van der Waals surface area (Å²) < 4.78 is 68.5. The molecule has 0 bridgehead atoms. The third-order valence-corrected chi connectivity index (χ3v) is 4.94. The molecule has 0 saturated carbocycles. The van der Waals surface area contributed by atoms with Gasteiger partial charge in [0.15, 0.2) is 6.29 Å². The first-order valence-electron chi connectivity index (χ1n) is 6.77. The van der Waals surface area contributed by atoms with Crippen molar-refractivity contribution in [3.05, 3.63) is 0 Å². The van der Waals surface area contributed by atoms with Crippen LogP contribution >= 0.6 is 31.3 Å². The van der Waals surface area contributed by atoms with Gasteiger partial charge in [-0.1, -0.05) is 0 Å². The quantitative estimate of drug-likeness (QED) is 0.152. The van der Waals surface area contributed by atoms with Gasteiger partial charge >= 0.3 is 236 Å². The summed E-state index contributed by atoms with van der Waals surface area (Å²) in [6, 6.07) is 0. The van der Waals surface area contributed by atoms with Crippen molar-refractivity contribution in [2.75, 3.05) is 13.7 Å². The third-order valence-electron chi connectivity index (χ3n) is 2.97. The number of ether oxygens (including phenoxy) is 2. The van der Waals surface area contributed by atoms with E-state index in [2.05, 4.69) is 22.8 Å². The van der Waals surface area contributed by atoms with Gasteiger partial charge in [-0.05, 0) is 0 Å². The van der Waals surface area contributed by atoms with Crippen molar-refractivity contribution in [1.82, 2.24) is 0 Å². The van der Waals surface area contributed by atoms with Crippen LogP contribution < -0.4 is 276 Å². The maximum Gasteiger partial charge on any atom is 1.00 e. The van der Waals surface area contributed by atoms with Crippen molar-refractivity contribution in [2.24, 2.45) is 0 Å². The number of phosphoric ester groups is 4. The normalized spacial score (nSPS) is 23.3. The van der Waals surface area contributed by atoms with Crippen molar-refractivity contribution in [2.45, 2.75) is 30.7 Å². The van der Waals surface area contributed by atoms with E-state index in [1.54, 1.807) is 0 Å². The molecular weight excluding hydrogens is 680 g/mol. The minimum atomic E-state index is -6.13. The van der Waals surface area contributed by atoms with Gasteiger partial charge < -0.3 is 85.0 Å². The van der Waals surface area contributed by atoms with E-state index < -0.39 is 68.6 Å². The minimum absolute atomic E-state index is 0. The SMILES string of the molecule is CO[C@H]1O[C@H](COP(=O)([O-])[O-])[C@H](OP(=O)([O-])[O-])[C@H](OP(=O)([O-])[O-])[C@H]1OP(=O)([O-])[O-].[Na+].[Na+].[Na+].[Na+].[Na+].[Na+].[Na+].[Na+]. The Balaban J connectivity index is -0.000000175. The molecule has 174 valence electrons. The molecule has 0 amide bonds. The van der Waals surface area contributed by atoms with Crippen LogP contribution in [0.4, 0.5) is 0 Å². The Morgan fingerprint density at radius 3 is 1.19 bits per heavy atom. The van der Waals surface area contributed by atoms with E-state index in [1.807, 2.05) is 0 Å². The average molecular weight is 690 g/mol. The first-order chi connectivity index (χ1) is 12.8. The second-order valence-electron chi connectivity index (χ2n) is 5.07. The minimum Gasteiger partial charge on any atom is -0.790 e. The van der Waals surface area contributed by atoms with Crippen LogP contribution in [0.15, 0.2) is 0 Å². The molecule has 1 fully saturated rings. The van der Waals surface area contributed by atoms with Crippen molar-refractivity contribution < 1.29 is 321 Å². The predicted molar refractivity (Wildman–Crippen MR) is 66.7 cm³/mol. The van der Waals surface area contributed by atoms with Crippen molar-refractivity contribution in [1.29, 1.82) is 0 Å². The summed E-state index contributed by atoms with van der Waals surface area (Å²) in [5.74, 6) is 0. The molecule has 1 heterocycles. The van der Waals surface area contributed by atoms with E-state index in [0.717, 1.165) is 7.11 Å². The van der Waals surface area contributed by atoms with Crippen LogP contribution in [0.2, 0.25) is 0 Å². The van der Waals surface area contributed by atoms with Crippen LogP contribution in [0.3, 0.4) is 0 Å². The van der Waals surface area contributed by atoms with E-state index >= 15 is 0 Å². The molecule has 0 spiro atoms. The van der Waals surface area contributed by atoms with E-state index in [0.29, 0.717) is 0 Å². The zero-order chi connectivity index (χ0) is 22.8. The largest absolute Gasteiger partial charge is 1.00 e. The Morgan fingerprint density at radius 2 is 0.892 bits per heavy atom. The first kappa shape index (κ1) is 64.0. The van der Waals surface area contributed by atoms with E-state index in [9.17, 15) is 57.4 Å². The van der Waals surface area contributed by atoms with E-state index in [1.165, 1.54) is 0 Å². The van der Waals surface area contributed by atoms with Gasteiger partial charge in [-0.25, -0.2) is 0 Å². The molecule has 1 aliphatic heterocycles. The van der Waals surface area contributed by atoms with Crippen molar-refractivity contribution >= 4 is 31.3 Å². The van der Waals surface area contributed by atoms with Crippen molar-refractivity contribution in [3.8, 4) is 0 Å². The first-order valence-corrected chi connectivity index (χ1v) is 12.6. The topological polar surface area (TPSA) is 308 Å². The number of phosphoric acid groups is 4. The zero-order valence-corrected chi connectivity index (χ0v) is 41.3. The number of hydrogen-bond donors (Lipinski definition) is 0. The fourth-order valence-electron chi connectivity index (χ4n) is 2.17. The second kappa shape index (κ2) is 28.2. The Hall–Kier alpha value is 8.36. The maximum absolute atomic E-state index is 11.0. The molecule has 5 atom stereocenters. The van der Waals surface area contributed by atoms with Crippen LogP contribution in [-0.4, -0.2) is 44.4 Å². The molecule has 0 radical (unpaired) electrons. The summed E-state index contributed by atoms with van der Waals surface area (Å²) in [6.07, 6.45) is -12.2. The molecule has 0 aromatic carbocycles. The van der Waals surface area contributed by atoms with Crippen molar-refractivity contribution in [3.63, 3.8) is 0 Å². The Bertz CT molecular complexity index is 756. The van der Waals surface area contributed by atoms with Crippen LogP contribution in [-0.2, 0) is 45.8 Å². The van der Waals surface area contributed by atoms with Gasteiger partial charge in [0.1, 0.15) is 24.4 Å². The molecule has 30 heteroatoms. The monoisotopic (exact) mass is 690 g/mol. The molecule has 18 nitrogen and oxygen atoms in total. The summed E-state index contributed by atoms with van der Waals surface area (Å²) in [7, 11) is -23.2. The molecule has 0 N–H and O–H groups in total. The third kappa shape index (κ3) is 30.2. The number of rotatable bonds is 10. The molecule has 1 rings (SSSR count). The molecular formula is C7H10Na8O18P4. The fraction of sp³-hybridized carbons (Fsp3) is 1.00. The van der Waals surface area contributed by atoms with Crippen LogP contribution in [0, 0.1) is 0 Å². The van der Waals surface area contributed by atoms with Gasteiger partial charge in [-0.3, -0.25) is 0 Å². The smallest absolute Gasteiger partial charge is 0.790 e. The van der Waals surface area contributed by atoms with Gasteiger partial charge in [0, 0.05) is 7.11 Å². The Kier molecular flexibility index (Phi) is 48.8. The molecule has 1 saturated heterocycles. The second-order valence-corrected chi connectivity index (χ2v) is 9.54. The summed E-state index contributed by atoms with van der Waals surface area (Å²) in [5.41, 5.74) is 0. The Labute approximate surface area is 388 Å². The standard InChI is InChI=1S/C7H18O18P4.8Na/c1-20-7-6(25-29(17,18)19)5(24-28(14,15)16)4(23-27(11,12)13)3(22-7)2-21-26(8,9)10;;;;;;;;/h3-7H,2H2,1H3,(H2,8,9,10)(H2,11,12,13)(H2,14,15,16)(H2,17,18,19);;;;;;;;/q;8*+1/p-8/t3-,4+,5+,6-,7+;;;;;;;;/m1......../s1. The molecule has 0 aromatic rings. The summed E-state index contributed by atoms with van der Waals surface area (Å²) >= 11 is 0.